The minimum absolute atomic E-state index is 0.480. The van der Waals surface area contributed by atoms with Crippen molar-refractivity contribution in [2.75, 3.05) is 5.73 Å². The van der Waals surface area contributed by atoms with Crippen LogP contribution in [0.1, 0.15) is 11.5 Å². The number of hydrogen-bond acceptors (Lipinski definition) is 4. The molecule has 14 heavy (non-hydrogen) atoms. The predicted octanol–water partition coefficient (Wildman–Crippen LogP) is 1.94. The summed E-state index contributed by atoms with van der Waals surface area (Å²) in [7, 11) is 0. The van der Waals surface area contributed by atoms with E-state index in [1.165, 1.54) is 0 Å². The molecule has 0 saturated heterocycles. The third-order valence-corrected chi connectivity index (χ3v) is 1.97. The highest BCUT2D eigenvalue weighted by Gasteiger charge is 2.08. The van der Waals surface area contributed by atoms with Crippen LogP contribution in [-0.4, -0.2) is 9.97 Å². The van der Waals surface area contributed by atoms with E-state index < -0.39 is 0 Å². The first kappa shape index (κ1) is 8.74. The van der Waals surface area contributed by atoms with Crippen molar-refractivity contribution >= 4 is 5.82 Å². The SMILES string of the molecule is Cc1cc(N)nc(-c2ccoc2C)n1. The molecule has 0 aliphatic rings. The number of anilines is 1. The molecule has 0 fully saturated rings. The number of aromatic nitrogens is 2. The standard InChI is InChI=1S/C10H11N3O/c1-6-5-9(11)13-10(12-6)8-3-4-14-7(8)2/h3-5H,1-2H3,(H2,11,12,13). The van der Waals surface area contributed by atoms with E-state index in [1.807, 2.05) is 19.9 Å². The van der Waals surface area contributed by atoms with Crippen molar-refractivity contribution in [1.82, 2.24) is 9.97 Å². The Bertz CT molecular complexity index is 442. The summed E-state index contributed by atoms with van der Waals surface area (Å²) in [5, 5.41) is 0. The largest absolute Gasteiger partial charge is 0.469 e. The van der Waals surface area contributed by atoms with E-state index in [9.17, 15) is 0 Å². The van der Waals surface area contributed by atoms with Gasteiger partial charge in [0.2, 0.25) is 0 Å². The molecule has 0 bridgehead atoms. The molecule has 4 heteroatoms. The fourth-order valence-corrected chi connectivity index (χ4v) is 1.33. The summed E-state index contributed by atoms with van der Waals surface area (Å²) < 4.78 is 5.18. The van der Waals surface area contributed by atoms with E-state index in [-0.39, 0.29) is 0 Å². The van der Waals surface area contributed by atoms with Gasteiger partial charge in [-0.25, -0.2) is 9.97 Å². The Balaban J connectivity index is 2.57. The molecule has 2 N–H and O–H groups in total. The van der Waals surface area contributed by atoms with Crippen molar-refractivity contribution in [1.29, 1.82) is 0 Å². The molecule has 2 aromatic heterocycles. The lowest BCUT2D eigenvalue weighted by Gasteiger charge is -2.00. The second-order valence-electron chi connectivity index (χ2n) is 3.15. The zero-order valence-electron chi connectivity index (χ0n) is 8.11. The molecule has 0 saturated carbocycles. The summed E-state index contributed by atoms with van der Waals surface area (Å²) >= 11 is 0. The van der Waals surface area contributed by atoms with Crippen LogP contribution in [0.25, 0.3) is 11.4 Å². The summed E-state index contributed by atoms with van der Waals surface area (Å²) in [6, 6.07) is 3.57. The van der Waals surface area contributed by atoms with Crippen LogP contribution >= 0.6 is 0 Å². The van der Waals surface area contributed by atoms with Crippen molar-refractivity contribution in [2.24, 2.45) is 0 Å². The van der Waals surface area contributed by atoms with Crippen LogP contribution in [0.5, 0.6) is 0 Å². The Morgan fingerprint density at radius 3 is 2.64 bits per heavy atom. The van der Waals surface area contributed by atoms with Crippen LogP contribution in [0.2, 0.25) is 0 Å². The van der Waals surface area contributed by atoms with E-state index in [1.54, 1.807) is 12.3 Å². The van der Waals surface area contributed by atoms with E-state index in [0.717, 1.165) is 17.0 Å². The Kier molecular flexibility index (Phi) is 1.96. The minimum Gasteiger partial charge on any atom is -0.469 e. The summed E-state index contributed by atoms with van der Waals surface area (Å²) in [5.41, 5.74) is 7.38. The highest BCUT2D eigenvalue weighted by atomic mass is 16.3. The van der Waals surface area contributed by atoms with E-state index in [0.29, 0.717) is 11.6 Å². The molecular weight excluding hydrogens is 178 g/mol. The molecular formula is C10H11N3O. The van der Waals surface area contributed by atoms with Crippen LogP contribution in [-0.2, 0) is 0 Å². The average Bonchev–Trinajstić information content (AvgIpc) is 2.49. The van der Waals surface area contributed by atoms with Gasteiger partial charge in [-0.2, -0.15) is 0 Å². The second-order valence-corrected chi connectivity index (χ2v) is 3.15. The van der Waals surface area contributed by atoms with Gasteiger partial charge in [-0.3, -0.25) is 0 Å². The number of hydrogen-bond donors (Lipinski definition) is 1. The van der Waals surface area contributed by atoms with Gasteiger partial charge in [-0.05, 0) is 19.9 Å². The molecule has 2 rings (SSSR count). The summed E-state index contributed by atoms with van der Waals surface area (Å²) in [6.45, 7) is 3.76. The van der Waals surface area contributed by atoms with Crippen LogP contribution in [0.15, 0.2) is 22.8 Å². The number of furan rings is 1. The zero-order chi connectivity index (χ0) is 10.1. The molecule has 0 aliphatic carbocycles. The lowest BCUT2D eigenvalue weighted by Crippen LogP contribution is -1.97. The Hall–Kier alpha value is -1.84. The molecule has 2 aromatic rings. The van der Waals surface area contributed by atoms with Gasteiger partial charge in [-0.15, -0.1) is 0 Å². The minimum atomic E-state index is 0.480. The van der Waals surface area contributed by atoms with Crippen molar-refractivity contribution in [2.45, 2.75) is 13.8 Å². The van der Waals surface area contributed by atoms with Crippen molar-refractivity contribution in [3.8, 4) is 11.4 Å². The maximum Gasteiger partial charge on any atom is 0.165 e. The second kappa shape index (κ2) is 3.14. The average molecular weight is 189 g/mol. The molecule has 0 unspecified atom stereocenters. The molecule has 0 spiro atoms. The van der Waals surface area contributed by atoms with Crippen molar-refractivity contribution < 1.29 is 4.42 Å². The number of nitrogens with two attached hydrogens (primary N) is 1. The first-order valence-electron chi connectivity index (χ1n) is 4.32. The summed E-state index contributed by atoms with van der Waals surface area (Å²) in [4.78, 5) is 8.43. The lowest BCUT2D eigenvalue weighted by molar-refractivity contribution is 0.535. The third kappa shape index (κ3) is 1.46. The number of rotatable bonds is 1. The molecule has 0 amide bonds. The topological polar surface area (TPSA) is 64.9 Å². The van der Waals surface area contributed by atoms with Crippen LogP contribution < -0.4 is 5.73 Å². The Morgan fingerprint density at radius 2 is 2.07 bits per heavy atom. The first-order chi connectivity index (χ1) is 6.66. The van der Waals surface area contributed by atoms with Gasteiger partial charge in [-0.1, -0.05) is 0 Å². The number of aryl methyl sites for hydroxylation is 2. The van der Waals surface area contributed by atoms with Gasteiger partial charge in [0.25, 0.3) is 0 Å². The third-order valence-electron chi connectivity index (χ3n) is 1.97. The molecule has 2 heterocycles. The van der Waals surface area contributed by atoms with Gasteiger partial charge in [0.15, 0.2) is 5.82 Å². The first-order valence-corrected chi connectivity index (χ1v) is 4.32. The fourth-order valence-electron chi connectivity index (χ4n) is 1.33. The van der Waals surface area contributed by atoms with Gasteiger partial charge in [0.1, 0.15) is 11.6 Å². The van der Waals surface area contributed by atoms with Gasteiger partial charge < -0.3 is 10.2 Å². The molecule has 4 nitrogen and oxygen atoms in total. The summed E-state index contributed by atoms with van der Waals surface area (Å²) in [5.74, 6) is 1.90. The van der Waals surface area contributed by atoms with Crippen LogP contribution in [0.3, 0.4) is 0 Å². The lowest BCUT2D eigenvalue weighted by atomic mass is 10.2. The quantitative estimate of drug-likeness (QED) is 0.744. The molecule has 0 radical (unpaired) electrons. The zero-order valence-corrected chi connectivity index (χ0v) is 8.11. The number of nitrogens with zero attached hydrogens (tertiary/aromatic N) is 2. The van der Waals surface area contributed by atoms with E-state index >= 15 is 0 Å². The number of nitrogen functional groups attached to an aromatic ring is 1. The monoisotopic (exact) mass is 189 g/mol. The molecule has 0 atom stereocenters. The maximum atomic E-state index is 5.63. The predicted molar refractivity (Wildman–Crippen MR) is 53.6 cm³/mol. The molecule has 0 aromatic carbocycles. The summed E-state index contributed by atoms with van der Waals surface area (Å²) in [6.07, 6.45) is 1.62. The van der Waals surface area contributed by atoms with E-state index in [2.05, 4.69) is 9.97 Å². The van der Waals surface area contributed by atoms with Gasteiger partial charge >= 0.3 is 0 Å². The van der Waals surface area contributed by atoms with E-state index in [4.69, 9.17) is 10.2 Å². The Labute approximate surface area is 81.8 Å². The Morgan fingerprint density at radius 1 is 1.29 bits per heavy atom. The molecule has 0 aliphatic heterocycles. The van der Waals surface area contributed by atoms with Crippen molar-refractivity contribution in [3.05, 3.63) is 29.9 Å². The van der Waals surface area contributed by atoms with Crippen molar-refractivity contribution in [3.63, 3.8) is 0 Å². The van der Waals surface area contributed by atoms with Gasteiger partial charge in [0, 0.05) is 11.8 Å². The maximum absolute atomic E-state index is 5.63. The van der Waals surface area contributed by atoms with Gasteiger partial charge in [0.05, 0.1) is 11.8 Å². The fraction of sp³-hybridized carbons (Fsp3) is 0.200. The highest BCUT2D eigenvalue weighted by molar-refractivity contribution is 5.58. The highest BCUT2D eigenvalue weighted by Crippen LogP contribution is 2.21. The smallest absolute Gasteiger partial charge is 0.165 e. The normalized spacial score (nSPS) is 10.4. The molecule has 72 valence electrons. The van der Waals surface area contributed by atoms with Crippen LogP contribution in [0, 0.1) is 13.8 Å². The van der Waals surface area contributed by atoms with Crippen LogP contribution in [0.4, 0.5) is 5.82 Å².